The minimum absolute atomic E-state index is 0.261. The van der Waals surface area contributed by atoms with E-state index in [1.807, 2.05) is 87.0 Å². The zero-order valence-corrected chi connectivity index (χ0v) is 18.2. The van der Waals surface area contributed by atoms with Crippen LogP contribution in [0.2, 0.25) is 5.02 Å². The lowest BCUT2D eigenvalue weighted by Gasteiger charge is -2.13. The van der Waals surface area contributed by atoms with Crippen LogP contribution in [0.4, 0.5) is 5.69 Å². The van der Waals surface area contributed by atoms with Crippen LogP contribution in [0, 0.1) is 27.7 Å². The maximum Gasteiger partial charge on any atom is 0.257 e. The molecule has 0 aliphatic rings. The Hall–Kier alpha value is -3.31. The minimum atomic E-state index is -0.261. The fourth-order valence-corrected chi connectivity index (χ4v) is 3.93. The fraction of sp³-hybridized carbons (Fsp3) is 0.167. The molecule has 4 rings (SSSR count). The molecule has 0 aliphatic carbocycles. The summed E-state index contributed by atoms with van der Waals surface area (Å²) in [5.41, 5.74) is 6.75. The van der Waals surface area contributed by atoms with Gasteiger partial charge in [0.05, 0.1) is 33.3 Å². The maximum absolute atomic E-state index is 13.1. The van der Waals surface area contributed by atoms with Crippen molar-refractivity contribution in [1.29, 1.82) is 0 Å². The Morgan fingerprint density at radius 3 is 2.23 bits per heavy atom. The van der Waals surface area contributed by atoms with E-state index in [4.69, 9.17) is 11.6 Å². The second-order valence-corrected chi connectivity index (χ2v) is 7.77. The molecule has 0 bridgehead atoms. The van der Waals surface area contributed by atoms with E-state index in [-0.39, 0.29) is 5.91 Å². The average molecular weight is 419 g/mol. The maximum atomic E-state index is 13.1. The zero-order valence-electron chi connectivity index (χ0n) is 17.4. The van der Waals surface area contributed by atoms with Crippen LogP contribution < -0.4 is 5.32 Å². The lowest BCUT2D eigenvalue weighted by molar-refractivity contribution is 0.102. The summed E-state index contributed by atoms with van der Waals surface area (Å²) in [6.45, 7) is 7.89. The smallest absolute Gasteiger partial charge is 0.257 e. The Bertz CT molecular complexity index is 1220. The third-order valence-corrected chi connectivity index (χ3v) is 5.58. The summed E-state index contributed by atoms with van der Waals surface area (Å²) in [7, 11) is 0. The molecule has 5 nitrogen and oxygen atoms in total. The van der Waals surface area contributed by atoms with Gasteiger partial charge >= 0.3 is 0 Å². The van der Waals surface area contributed by atoms with E-state index in [1.54, 1.807) is 6.07 Å². The Kier molecular flexibility index (Phi) is 5.22. The topological polar surface area (TPSA) is 51.9 Å². The third kappa shape index (κ3) is 3.53. The van der Waals surface area contributed by atoms with Crippen molar-refractivity contribution in [3.05, 3.63) is 94.0 Å². The van der Waals surface area contributed by atoms with Gasteiger partial charge in [-0.15, -0.1) is 0 Å². The van der Waals surface area contributed by atoms with Crippen molar-refractivity contribution < 1.29 is 4.79 Å². The molecule has 30 heavy (non-hydrogen) atoms. The molecule has 152 valence electrons. The van der Waals surface area contributed by atoms with Crippen molar-refractivity contribution in [2.24, 2.45) is 0 Å². The number of benzene rings is 2. The van der Waals surface area contributed by atoms with Gasteiger partial charge in [-0.1, -0.05) is 29.8 Å². The molecule has 4 aromatic rings. The number of anilines is 1. The monoisotopic (exact) mass is 418 g/mol. The number of aryl methyl sites for hydroxylation is 3. The first-order valence-corrected chi connectivity index (χ1v) is 10.1. The van der Waals surface area contributed by atoms with E-state index in [0.717, 1.165) is 34.2 Å². The van der Waals surface area contributed by atoms with Crippen molar-refractivity contribution in [3.63, 3.8) is 0 Å². The minimum Gasteiger partial charge on any atom is -0.319 e. The highest BCUT2D eigenvalue weighted by Crippen LogP contribution is 2.27. The van der Waals surface area contributed by atoms with Crippen LogP contribution in [0.1, 0.15) is 33.1 Å². The van der Waals surface area contributed by atoms with Gasteiger partial charge in [0, 0.05) is 17.1 Å². The summed E-state index contributed by atoms with van der Waals surface area (Å²) in [4.78, 5) is 13.1. The SMILES string of the molecule is Cc1nn(-c2ccccc2)c(C)c1NC(=O)c1cc(-n2c(C)ccc2C)ccc1Cl. The molecule has 0 aliphatic heterocycles. The summed E-state index contributed by atoms with van der Waals surface area (Å²) in [5, 5.41) is 8.01. The van der Waals surface area contributed by atoms with E-state index in [2.05, 4.69) is 15.0 Å². The van der Waals surface area contributed by atoms with Crippen LogP contribution >= 0.6 is 11.6 Å². The van der Waals surface area contributed by atoms with Gasteiger partial charge in [0.1, 0.15) is 0 Å². The van der Waals surface area contributed by atoms with Crippen LogP contribution in [0.5, 0.6) is 0 Å². The highest BCUT2D eigenvalue weighted by Gasteiger charge is 2.19. The van der Waals surface area contributed by atoms with Gasteiger partial charge in [-0.3, -0.25) is 4.79 Å². The van der Waals surface area contributed by atoms with Gasteiger partial charge in [-0.25, -0.2) is 4.68 Å². The number of carbonyl (C=O) groups excluding carboxylic acids is 1. The number of amides is 1. The zero-order chi connectivity index (χ0) is 21.4. The predicted octanol–water partition coefficient (Wildman–Crippen LogP) is 5.80. The predicted molar refractivity (Wildman–Crippen MR) is 121 cm³/mol. The Morgan fingerprint density at radius 2 is 1.57 bits per heavy atom. The van der Waals surface area contributed by atoms with Gasteiger partial charge in [0.25, 0.3) is 5.91 Å². The summed E-state index contributed by atoms with van der Waals surface area (Å²) < 4.78 is 3.92. The number of aromatic nitrogens is 3. The molecule has 0 fully saturated rings. The van der Waals surface area contributed by atoms with Gasteiger partial charge in [0.15, 0.2) is 0 Å². The van der Waals surface area contributed by atoms with Crippen LogP contribution in [0.3, 0.4) is 0 Å². The molecular formula is C24H23ClN4O. The summed E-state index contributed by atoms with van der Waals surface area (Å²) in [6, 6.07) is 19.4. The first kappa shape index (κ1) is 20.0. The molecule has 0 saturated heterocycles. The molecule has 2 aromatic carbocycles. The first-order valence-electron chi connectivity index (χ1n) is 9.74. The van der Waals surface area contributed by atoms with E-state index < -0.39 is 0 Å². The Labute approximate surface area is 180 Å². The largest absolute Gasteiger partial charge is 0.319 e. The fourth-order valence-electron chi connectivity index (χ4n) is 3.73. The molecule has 0 unspecified atom stereocenters. The standard InChI is InChI=1S/C24H23ClN4O/c1-15-10-11-16(2)28(15)20-12-13-22(25)21(14-20)24(30)26-23-17(3)27-29(18(23)4)19-8-6-5-7-9-19/h5-14H,1-4H3,(H,26,30). The molecule has 0 atom stereocenters. The lowest BCUT2D eigenvalue weighted by Crippen LogP contribution is -2.14. The summed E-state index contributed by atoms with van der Waals surface area (Å²) in [6.07, 6.45) is 0. The molecule has 1 amide bonds. The molecular weight excluding hydrogens is 396 g/mol. The number of rotatable bonds is 4. The number of para-hydroxylation sites is 1. The van der Waals surface area contributed by atoms with Gasteiger partial charge in [0.2, 0.25) is 0 Å². The quantitative estimate of drug-likeness (QED) is 0.455. The average Bonchev–Trinajstić information content (AvgIpc) is 3.22. The van der Waals surface area contributed by atoms with Gasteiger partial charge in [-0.05, 0) is 70.2 Å². The van der Waals surface area contributed by atoms with Crippen LogP contribution in [0.15, 0.2) is 60.7 Å². The van der Waals surface area contributed by atoms with Crippen molar-refractivity contribution in [3.8, 4) is 11.4 Å². The normalized spacial score (nSPS) is 11.0. The molecule has 0 spiro atoms. The highest BCUT2D eigenvalue weighted by atomic mass is 35.5. The summed E-state index contributed by atoms with van der Waals surface area (Å²) >= 11 is 6.39. The first-order chi connectivity index (χ1) is 14.4. The van der Waals surface area contributed by atoms with Crippen LogP contribution in [0.25, 0.3) is 11.4 Å². The lowest BCUT2D eigenvalue weighted by atomic mass is 10.1. The molecule has 2 aromatic heterocycles. The van der Waals surface area contributed by atoms with Gasteiger partial charge in [-0.2, -0.15) is 5.10 Å². The number of halogens is 1. The third-order valence-electron chi connectivity index (χ3n) is 5.25. The molecule has 1 N–H and O–H groups in total. The number of carbonyl (C=O) groups is 1. The van der Waals surface area contributed by atoms with Crippen LogP contribution in [-0.4, -0.2) is 20.3 Å². The van der Waals surface area contributed by atoms with Gasteiger partial charge < -0.3 is 9.88 Å². The second-order valence-electron chi connectivity index (χ2n) is 7.36. The molecule has 0 radical (unpaired) electrons. The Balaban J connectivity index is 1.69. The van der Waals surface area contributed by atoms with Crippen LogP contribution in [-0.2, 0) is 0 Å². The number of hydrogen-bond acceptors (Lipinski definition) is 2. The van der Waals surface area contributed by atoms with E-state index in [9.17, 15) is 4.79 Å². The summed E-state index contributed by atoms with van der Waals surface area (Å²) in [5.74, 6) is -0.261. The molecule has 6 heteroatoms. The van der Waals surface area contributed by atoms with Crippen molar-refractivity contribution in [2.45, 2.75) is 27.7 Å². The van der Waals surface area contributed by atoms with Crippen molar-refractivity contribution >= 4 is 23.2 Å². The number of hydrogen-bond donors (Lipinski definition) is 1. The molecule has 0 saturated carbocycles. The second kappa shape index (κ2) is 7.84. The van der Waals surface area contributed by atoms with E-state index >= 15 is 0 Å². The Morgan fingerprint density at radius 1 is 0.900 bits per heavy atom. The molecule has 2 heterocycles. The highest BCUT2D eigenvalue weighted by molar-refractivity contribution is 6.34. The van der Waals surface area contributed by atoms with Crippen molar-refractivity contribution in [2.75, 3.05) is 5.32 Å². The van der Waals surface area contributed by atoms with Crippen molar-refractivity contribution in [1.82, 2.24) is 14.3 Å². The van der Waals surface area contributed by atoms with E-state index in [0.29, 0.717) is 16.3 Å². The van der Waals surface area contributed by atoms with E-state index in [1.165, 1.54) is 0 Å². The number of nitrogens with one attached hydrogen (secondary N) is 1. The number of nitrogens with zero attached hydrogens (tertiary/aromatic N) is 3.